The van der Waals surface area contributed by atoms with Gasteiger partial charge in [0.25, 0.3) is 0 Å². The topological polar surface area (TPSA) is 32.7 Å². The third-order valence-electron chi connectivity index (χ3n) is 4.38. The molecule has 0 bridgehead atoms. The van der Waals surface area contributed by atoms with Crippen molar-refractivity contribution in [1.82, 2.24) is 4.90 Å². The molecule has 1 aliphatic heterocycles. The van der Waals surface area contributed by atoms with Crippen LogP contribution in [0.5, 0.6) is 11.5 Å². The lowest BCUT2D eigenvalue weighted by Crippen LogP contribution is -2.31. The summed E-state index contributed by atoms with van der Waals surface area (Å²) in [7, 11) is 1.70. The van der Waals surface area contributed by atoms with Crippen molar-refractivity contribution in [3.05, 3.63) is 59.2 Å². The Balaban J connectivity index is 1.49. The zero-order valence-electron chi connectivity index (χ0n) is 13.1. The van der Waals surface area contributed by atoms with Crippen LogP contribution in [0.1, 0.15) is 23.1 Å². The van der Waals surface area contributed by atoms with Gasteiger partial charge in [0.1, 0.15) is 11.5 Å². The van der Waals surface area contributed by atoms with Crippen molar-refractivity contribution in [3.8, 4) is 11.5 Å². The van der Waals surface area contributed by atoms with Gasteiger partial charge in [-0.05, 0) is 66.8 Å². The summed E-state index contributed by atoms with van der Waals surface area (Å²) in [5.41, 5.74) is 4.02. The second-order valence-electron chi connectivity index (χ2n) is 5.93. The smallest absolute Gasteiger partial charge is 0.118 e. The van der Waals surface area contributed by atoms with E-state index in [9.17, 15) is 5.11 Å². The molecule has 0 amide bonds. The van der Waals surface area contributed by atoms with Crippen molar-refractivity contribution in [2.45, 2.75) is 25.8 Å². The van der Waals surface area contributed by atoms with Crippen LogP contribution in [-0.4, -0.2) is 30.2 Å². The van der Waals surface area contributed by atoms with E-state index in [-0.39, 0.29) is 0 Å². The first kappa shape index (κ1) is 14.9. The van der Waals surface area contributed by atoms with Crippen LogP contribution in [-0.2, 0) is 19.4 Å². The maximum Gasteiger partial charge on any atom is 0.118 e. The highest BCUT2D eigenvalue weighted by Crippen LogP contribution is 2.23. The molecule has 22 heavy (non-hydrogen) atoms. The average molecular weight is 297 g/mol. The van der Waals surface area contributed by atoms with E-state index in [4.69, 9.17) is 4.74 Å². The maximum atomic E-state index is 9.54. The van der Waals surface area contributed by atoms with Crippen molar-refractivity contribution in [3.63, 3.8) is 0 Å². The molecule has 3 nitrogen and oxygen atoms in total. The van der Waals surface area contributed by atoms with Gasteiger partial charge in [-0.25, -0.2) is 0 Å². The Morgan fingerprint density at radius 3 is 2.68 bits per heavy atom. The second kappa shape index (κ2) is 6.84. The highest BCUT2D eigenvalue weighted by Gasteiger charge is 2.15. The number of rotatable bonds is 5. The predicted octanol–water partition coefficient (Wildman–Crippen LogP) is 3.39. The third-order valence-corrected chi connectivity index (χ3v) is 4.38. The van der Waals surface area contributed by atoms with E-state index in [2.05, 4.69) is 23.1 Å². The van der Waals surface area contributed by atoms with Gasteiger partial charge in [0.05, 0.1) is 7.11 Å². The lowest BCUT2D eigenvalue weighted by molar-refractivity contribution is 0.251. The molecule has 3 rings (SSSR count). The van der Waals surface area contributed by atoms with Crippen LogP contribution in [0.4, 0.5) is 0 Å². The molecular formula is C19H23NO2. The molecule has 0 spiro atoms. The summed E-state index contributed by atoms with van der Waals surface area (Å²) in [5, 5.41) is 9.54. The maximum absolute atomic E-state index is 9.54. The van der Waals surface area contributed by atoms with Crippen molar-refractivity contribution >= 4 is 0 Å². The quantitative estimate of drug-likeness (QED) is 0.918. The highest BCUT2D eigenvalue weighted by molar-refractivity contribution is 5.36. The molecule has 0 saturated carbocycles. The highest BCUT2D eigenvalue weighted by atomic mass is 16.5. The van der Waals surface area contributed by atoms with Crippen molar-refractivity contribution < 1.29 is 9.84 Å². The standard InChI is InChI=1S/C19H23NO2/c1-22-19-8-4-15(5-9-19)3-2-11-20-12-10-16-13-18(21)7-6-17(16)14-20/h4-9,13,21H,2-3,10-12,14H2,1H3. The lowest BCUT2D eigenvalue weighted by Gasteiger charge is -2.28. The molecule has 1 aliphatic rings. The zero-order chi connectivity index (χ0) is 15.4. The number of phenols is 1. The molecule has 0 unspecified atom stereocenters. The third kappa shape index (κ3) is 3.60. The minimum absolute atomic E-state index is 0.381. The first-order valence-corrected chi connectivity index (χ1v) is 7.90. The number of nitrogens with zero attached hydrogens (tertiary/aromatic N) is 1. The molecular weight excluding hydrogens is 274 g/mol. The lowest BCUT2D eigenvalue weighted by atomic mass is 9.99. The average Bonchev–Trinajstić information content (AvgIpc) is 2.55. The Morgan fingerprint density at radius 1 is 1.09 bits per heavy atom. The fourth-order valence-corrected chi connectivity index (χ4v) is 3.09. The summed E-state index contributed by atoms with van der Waals surface area (Å²) in [5.74, 6) is 1.30. The molecule has 0 aromatic heterocycles. The molecule has 2 aromatic carbocycles. The molecule has 3 heteroatoms. The van der Waals surface area contributed by atoms with Gasteiger partial charge in [-0.3, -0.25) is 4.90 Å². The fraction of sp³-hybridized carbons (Fsp3) is 0.368. The molecule has 0 saturated heterocycles. The van der Waals surface area contributed by atoms with Crippen molar-refractivity contribution in [2.75, 3.05) is 20.2 Å². The summed E-state index contributed by atoms with van der Waals surface area (Å²) >= 11 is 0. The molecule has 1 heterocycles. The largest absolute Gasteiger partial charge is 0.508 e. The van der Waals surface area contributed by atoms with Crippen LogP contribution in [0, 0.1) is 0 Å². The number of phenolic OH excluding ortho intramolecular Hbond substituents is 1. The first-order valence-electron chi connectivity index (χ1n) is 7.90. The number of aryl methyl sites for hydroxylation is 1. The molecule has 0 aliphatic carbocycles. The number of aromatic hydroxyl groups is 1. The van der Waals surface area contributed by atoms with E-state index < -0.39 is 0 Å². The van der Waals surface area contributed by atoms with Crippen molar-refractivity contribution in [1.29, 1.82) is 0 Å². The van der Waals surface area contributed by atoms with E-state index in [0.29, 0.717) is 5.75 Å². The minimum Gasteiger partial charge on any atom is -0.508 e. The number of hydrogen-bond donors (Lipinski definition) is 1. The van der Waals surface area contributed by atoms with Crippen molar-refractivity contribution in [2.24, 2.45) is 0 Å². The van der Waals surface area contributed by atoms with E-state index in [1.54, 1.807) is 13.2 Å². The number of benzene rings is 2. The molecule has 116 valence electrons. The molecule has 0 fully saturated rings. The first-order chi connectivity index (χ1) is 10.7. The Labute approximate surface area is 132 Å². The van der Waals surface area contributed by atoms with Gasteiger partial charge in [0, 0.05) is 13.1 Å². The Bertz CT molecular complexity index is 622. The van der Waals surface area contributed by atoms with Gasteiger partial charge < -0.3 is 9.84 Å². The van der Waals surface area contributed by atoms with Crippen LogP contribution in [0.2, 0.25) is 0 Å². The molecule has 0 radical (unpaired) electrons. The Morgan fingerprint density at radius 2 is 1.91 bits per heavy atom. The van der Waals surface area contributed by atoms with E-state index in [0.717, 1.165) is 38.2 Å². The fourth-order valence-electron chi connectivity index (χ4n) is 3.09. The van der Waals surface area contributed by atoms with Gasteiger partial charge in [-0.15, -0.1) is 0 Å². The summed E-state index contributed by atoms with van der Waals surface area (Å²) in [6.45, 7) is 3.20. The number of ether oxygens (including phenoxy) is 1. The predicted molar refractivity (Wildman–Crippen MR) is 88.4 cm³/mol. The van der Waals surface area contributed by atoms with Gasteiger partial charge in [-0.1, -0.05) is 18.2 Å². The number of methoxy groups -OCH3 is 1. The Kier molecular flexibility index (Phi) is 4.64. The van der Waals surface area contributed by atoms with Crippen LogP contribution in [0.3, 0.4) is 0 Å². The van der Waals surface area contributed by atoms with E-state index in [1.807, 2.05) is 18.2 Å². The zero-order valence-corrected chi connectivity index (χ0v) is 13.1. The summed E-state index contributed by atoms with van der Waals surface area (Å²) in [6.07, 6.45) is 3.30. The second-order valence-corrected chi connectivity index (χ2v) is 5.93. The summed E-state index contributed by atoms with van der Waals surface area (Å²) in [4.78, 5) is 2.50. The number of hydrogen-bond acceptors (Lipinski definition) is 3. The van der Waals surface area contributed by atoms with Crippen LogP contribution in [0.25, 0.3) is 0 Å². The van der Waals surface area contributed by atoms with Gasteiger partial charge in [0.15, 0.2) is 0 Å². The molecule has 0 atom stereocenters. The SMILES string of the molecule is COc1ccc(CCCN2CCc3cc(O)ccc3C2)cc1. The Hall–Kier alpha value is -2.00. The summed E-state index contributed by atoms with van der Waals surface area (Å²) < 4.78 is 5.18. The van der Waals surface area contributed by atoms with Crippen LogP contribution in [0.15, 0.2) is 42.5 Å². The van der Waals surface area contributed by atoms with E-state index >= 15 is 0 Å². The van der Waals surface area contributed by atoms with Gasteiger partial charge in [0.2, 0.25) is 0 Å². The van der Waals surface area contributed by atoms with Gasteiger partial charge in [-0.2, -0.15) is 0 Å². The van der Waals surface area contributed by atoms with E-state index in [1.165, 1.54) is 23.1 Å². The van der Waals surface area contributed by atoms with Crippen LogP contribution < -0.4 is 4.74 Å². The molecule has 1 N–H and O–H groups in total. The normalized spacial score (nSPS) is 14.6. The summed E-state index contributed by atoms with van der Waals surface area (Å²) in [6, 6.07) is 14.1. The van der Waals surface area contributed by atoms with Gasteiger partial charge >= 0.3 is 0 Å². The number of fused-ring (bicyclic) bond motifs is 1. The monoisotopic (exact) mass is 297 g/mol. The minimum atomic E-state index is 0.381. The van der Waals surface area contributed by atoms with Crippen LogP contribution >= 0.6 is 0 Å². The molecule has 2 aromatic rings.